The molecule has 14 heteroatoms. The molecule has 5 aromatic rings. The fraction of sp³-hybridized carbons (Fsp3) is 0.319. The number of nitrogens with zero attached hydrogens (tertiary/aromatic N) is 4. The lowest BCUT2D eigenvalue weighted by molar-refractivity contribution is -0.135. The van der Waals surface area contributed by atoms with Gasteiger partial charge in [0, 0.05) is 24.2 Å². The van der Waals surface area contributed by atoms with Crippen molar-refractivity contribution in [1.82, 2.24) is 40.4 Å². The number of benzene rings is 3. The van der Waals surface area contributed by atoms with Crippen molar-refractivity contribution in [3.8, 4) is 46.1 Å². The number of rotatable bonds is 10. The fourth-order valence-corrected chi connectivity index (χ4v) is 7.88. The first kappa shape index (κ1) is 41.8. The van der Waals surface area contributed by atoms with Gasteiger partial charge in [0.2, 0.25) is 5.91 Å². The minimum Gasteiger partial charge on any atom is -0.453 e. The third-order valence-corrected chi connectivity index (χ3v) is 11.0. The average Bonchev–Trinajstić information content (AvgIpc) is 4.14. The van der Waals surface area contributed by atoms with Crippen LogP contribution in [0.5, 0.6) is 0 Å². The molecule has 4 atom stereocenters. The van der Waals surface area contributed by atoms with Gasteiger partial charge in [-0.05, 0) is 78.2 Å². The van der Waals surface area contributed by atoms with Gasteiger partial charge in [0.1, 0.15) is 29.4 Å². The van der Waals surface area contributed by atoms with Crippen molar-refractivity contribution < 1.29 is 28.7 Å². The Morgan fingerprint density at radius 3 is 2.00 bits per heavy atom. The molecule has 4 amide bonds. The number of H-pyrrole nitrogens is 2. The number of ether oxygens (including phenoxy) is 2. The second-order valence-corrected chi connectivity index (χ2v) is 15.2. The number of hydrogen-bond acceptors (Lipinski definition) is 8. The van der Waals surface area contributed by atoms with Gasteiger partial charge < -0.3 is 39.9 Å². The lowest BCUT2D eigenvalue weighted by Gasteiger charge is -2.29. The molecule has 0 bridgehead atoms. The van der Waals surface area contributed by atoms with Gasteiger partial charge in [-0.25, -0.2) is 19.6 Å². The Morgan fingerprint density at radius 2 is 1.33 bits per heavy atom. The van der Waals surface area contributed by atoms with E-state index in [1.54, 1.807) is 22.2 Å². The van der Waals surface area contributed by atoms with Gasteiger partial charge in [-0.1, -0.05) is 86.5 Å². The normalized spacial score (nSPS) is 16.7. The van der Waals surface area contributed by atoms with Crippen LogP contribution in [0.1, 0.15) is 86.1 Å². The average molecular weight is 821 g/mol. The molecule has 312 valence electrons. The highest BCUT2D eigenvalue weighted by Crippen LogP contribution is 2.36. The zero-order chi connectivity index (χ0) is 42.9. The molecular weight excluding hydrogens is 773 g/mol. The Labute approximate surface area is 354 Å². The van der Waals surface area contributed by atoms with Crippen LogP contribution in [0.3, 0.4) is 0 Å². The van der Waals surface area contributed by atoms with Gasteiger partial charge in [-0.2, -0.15) is 0 Å². The zero-order valence-corrected chi connectivity index (χ0v) is 34.5. The third-order valence-electron chi connectivity index (χ3n) is 11.0. The van der Waals surface area contributed by atoms with Crippen LogP contribution in [0.2, 0.25) is 0 Å². The van der Waals surface area contributed by atoms with Crippen molar-refractivity contribution in [2.24, 2.45) is 5.92 Å². The molecule has 2 aromatic heterocycles. The van der Waals surface area contributed by atoms with Gasteiger partial charge in [0.25, 0.3) is 5.91 Å². The molecule has 2 aliphatic rings. The minimum atomic E-state index is -0.908. The molecule has 2 saturated heterocycles. The number of imidazole rings is 2. The van der Waals surface area contributed by atoms with Gasteiger partial charge in [0.05, 0.1) is 44.4 Å². The number of carbonyl (C=O) groups is 4. The monoisotopic (exact) mass is 820 g/mol. The number of aromatic amines is 2. The SMILES string of the molecule is COC(=O)NC(C(=O)N1CCCC1c1ncc(-c2ccc(C#CC#Cc3cnc(C4CCCN4C(=O)[C@@H](NC(=O)OC)C(C)C)[nH]3)c(-c3ccccc3)c2)[nH]1)c1ccccc1. The van der Waals surface area contributed by atoms with Crippen LogP contribution in [0, 0.1) is 29.6 Å². The van der Waals surface area contributed by atoms with E-state index < -0.39 is 24.3 Å². The summed E-state index contributed by atoms with van der Waals surface area (Å²) in [6, 6.07) is 22.9. The number of amides is 4. The minimum absolute atomic E-state index is 0.132. The Kier molecular flexibility index (Phi) is 13.1. The standard InChI is InChI=1S/C47H48N8O6/c1-30(2)40(52-46(58)60-3)44(56)54-25-13-21-38(54)42-48-28-35(50-42)20-12-11-17-32-23-24-34(27-36(32)31-15-7-5-8-16-31)37-29-49-43(51-37)39-22-14-26-55(39)45(57)41(53-47(59)61-4)33-18-9-6-10-19-33/h5-10,15-16,18-19,23-24,27-30,38-41H,13-14,21-22,25-26H2,1-4H3,(H,48,50)(H,49,51)(H,52,58)(H,53,59)/t38?,39?,40-,41?/m0/s1. The summed E-state index contributed by atoms with van der Waals surface area (Å²) in [7, 11) is 2.55. The topological polar surface area (TPSA) is 175 Å². The van der Waals surface area contributed by atoms with Crippen molar-refractivity contribution in [1.29, 1.82) is 0 Å². The predicted molar refractivity (Wildman–Crippen MR) is 228 cm³/mol. The molecule has 0 aliphatic carbocycles. The van der Waals surface area contributed by atoms with Crippen LogP contribution in [0.25, 0.3) is 22.4 Å². The molecule has 0 saturated carbocycles. The molecule has 2 aliphatic heterocycles. The maximum atomic E-state index is 14.0. The lowest BCUT2D eigenvalue weighted by Crippen LogP contribution is -2.51. The van der Waals surface area contributed by atoms with E-state index in [0.717, 1.165) is 53.6 Å². The highest BCUT2D eigenvalue weighted by Gasteiger charge is 2.38. The fourth-order valence-electron chi connectivity index (χ4n) is 7.88. The van der Waals surface area contributed by atoms with Crippen LogP contribution in [-0.4, -0.2) is 87.1 Å². The van der Waals surface area contributed by atoms with E-state index in [-0.39, 0.29) is 29.8 Å². The van der Waals surface area contributed by atoms with E-state index in [1.807, 2.05) is 86.6 Å². The Balaban J connectivity index is 1.09. The van der Waals surface area contributed by atoms with E-state index in [2.05, 4.69) is 55.3 Å². The predicted octanol–water partition coefficient (Wildman–Crippen LogP) is 6.67. The highest BCUT2D eigenvalue weighted by atomic mass is 16.5. The Bertz CT molecular complexity index is 2490. The zero-order valence-electron chi connectivity index (χ0n) is 34.5. The molecule has 2 fully saturated rings. The summed E-state index contributed by atoms with van der Waals surface area (Å²) < 4.78 is 9.59. The molecule has 7 rings (SSSR count). The molecule has 61 heavy (non-hydrogen) atoms. The van der Waals surface area contributed by atoms with E-state index in [4.69, 9.17) is 14.5 Å². The number of carbonyl (C=O) groups excluding carboxylic acids is 4. The van der Waals surface area contributed by atoms with Crippen molar-refractivity contribution in [2.75, 3.05) is 27.3 Å². The van der Waals surface area contributed by atoms with Crippen LogP contribution in [0.15, 0.2) is 91.3 Å². The number of hydrogen-bond donors (Lipinski definition) is 4. The van der Waals surface area contributed by atoms with Gasteiger partial charge in [0.15, 0.2) is 0 Å². The van der Waals surface area contributed by atoms with Crippen LogP contribution in [-0.2, 0) is 19.1 Å². The van der Waals surface area contributed by atoms with Crippen LogP contribution < -0.4 is 10.6 Å². The number of aromatic nitrogens is 4. The molecule has 4 N–H and O–H groups in total. The Hall–Kier alpha value is -7.32. The maximum absolute atomic E-state index is 14.0. The van der Waals surface area contributed by atoms with Gasteiger partial charge in [-0.15, -0.1) is 0 Å². The summed E-state index contributed by atoms with van der Waals surface area (Å²) in [4.78, 5) is 71.3. The summed E-state index contributed by atoms with van der Waals surface area (Å²) in [5, 5.41) is 5.39. The first-order valence-electron chi connectivity index (χ1n) is 20.3. The quantitative estimate of drug-likeness (QED) is 0.113. The van der Waals surface area contributed by atoms with Gasteiger partial charge >= 0.3 is 12.2 Å². The van der Waals surface area contributed by atoms with Gasteiger partial charge in [-0.3, -0.25) is 9.59 Å². The van der Waals surface area contributed by atoms with Crippen molar-refractivity contribution in [3.63, 3.8) is 0 Å². The molecule has 14 nitrogen and oxygen atoms in total. The highest BCUT2D eigenvalue weighted by molar-refractivity contribution is 5.88. The second kappa shape index (κ2) is 19.2. The van der Waals surface area contributed by atoms with Crippen LogP contribution in [0.4, 0.5) is 9.59 Å². The van der Waals surface area contributed by atoms with E-state index >= 15 is 0 Å². The second-order valence-electron chi connectivity index (χ2n) is 15.2. The summed E-state index contributed by atoms with van der Waals surface area (Å²) in [6.07, 6.45) is 5.14. The van der Waals surface area contributed by atoms with Crippen molar-refractivity contribution in [2.45, 2.75) is 63.7 Å². The number of nitrogens with one attached hydrogen (secondary N) is 4. The summed E-state index contributed by atoms with van der Waals surface area (Å²) in [6.45, 7) is 4.84. The number of methoxy groups -OCH3 is 2. The smallest absolute Gasteiger partial charge is 0.407 e. The number of likely N-dealkylation sites (tertiary alicyclic amines) is 2. The number of alkyl carbamates (subject to hydrolysis) is 2. The first-order chi connectivity index (χ1) is 29.6. The molecule has 4 heterocycles. The van der Waals surface area contributed by atoms with E-state index in [9.17, 15) is 19.2 Å². The van der Waals surface area contributed by atoms with E-state index in [0.29, 0.717) is 36.0 Å². The summed E-state index contributed by atoms with van der Waals surface area (Å²) >= 11 is 0. The third kappa shape index (κ3) is 9.61. The molecular formula is C47H48N8O6. The summed E-state index contributed by atoms with van der Waals surface area (Å²) in [5.74, 6) is 13.0. The maximum Gasteiger partial charge on any atom is 0.407 e. The molecule has 0 radical (unpaired) electrons. The molecule has 3 unspecified atom stereocenters. The largest absolute Gasteiger partial charge is 0.453 e. The lowest BCUT2D eigenvalue weighted by atomic mass is 9.96. The van der Waals surface area contributed by atoms with Crippen LogP contribution >= 0.6 is 0 Å². The molecule has 3 aromatic carbocycles. The van der Waals surface area contributed by atoms with Crippen molar-refractivity contribution >= 4 is 24.0 Å². The first-order valence-corrected chi connectivity index (χ1v) is 20.3. The molecule has 0 spiro atoms. The Morgan fingerprint density at radius 1 is 0.721 bits per heavy atom. The van der Waals surface area contributed by atoms with Crippen molar-refractivity contribution in [3.05, 3.63) is 120 Å². The summed E-state index contributed by atoms with van der Waals surface area (Å²) in [5.41, 5.74) is 5.59. The van der Waals surface area contributed by atoms with E-state index in [1.165, 1.54) is 14.2 Å².